The number of hydrogen-bond donors (Lipinski definition) is 2. The van der Waals surface area contributed by atoms with Crippen molar-refractivity contribution >= 4 is 22.5 Å². The van der Waals surface area contributed by atoms with Gasteiger partial charge in [0.2, 0.25) is 5.88 Å². The van der Waals surface area contributed by atoms with Crippen molar-refractivity contribution in [3.8, 4) is 17.0 Å². The van der Waals surface area contributed by atoms with Crippen LogP contribution in [-0.2, 0) is 0 Å². The number of pyridine rings is 2. The lowest BCUT2D eigenvalue weighted by Gasteiger charge is -2.14. The van der Waals surface area contributed by atoms with E-state index in [2.05, 4.69) is 20.6 Å². The van der Waals surface area contributed by atoms with Crippen molar-refractivity contribution in [3.63, 3.8) is 0 Å². The van der Waals surface area contributed by atoms with E-state index < -0.39 is 5.82 Å². The molecule has 0 aliphatic heterocycles. The Hall–Kier alpha value is -3.22. The van der Waals surface area contributed by atoms with Gasteiger partial charge in [0.15, 0.2) is 0 Å². The van der Waals surface area contributed by atoms with Crippen molar-refractivity contribution in [1.29, 1.82) is 0 Å². The van der Waals surface area contributed by atoms with Gasteiger partial charge in [-0.05, 0) is 31.4 Å². The van der Waals surface area contributed by atoms with Crippen LogP contribution in [0.25, 0.3) is 22.0 Å². The summed E-state index contributed by atoms with van der Waals surface area (Å²) < 4.78 is 20.3. The van der Waals surface area contributed by atoms with Crippen molar-refractivity contribution in [2.75, 3.05) is 19.0 Å². The summed E-state index contributed by atoms with van der Waals surface area (Å²) >= 11 is 0. The first-order chi connectivity index (χ1) is 15.1. The molecule has 7 heteroatoms. The second-order valence-electron chi connectivity index (χ2n) is 7.13. The van der Waals surface area contributed by atoms with E-state index in [1.54, 1.807) is 31.4 Å². The van der Waals surface area contributed by atoms with Gasteiger partial charge in [0.05, 0.1) is 23.4 Å². The summed E-state index contributed by atoms with van der Waals surface area (Å²) in [4.78, 5) is 21.1. The first-order valence-electron chi connectivity index (χ1n) is 10.8. The molecule has 2 aromatic heterocycles. The van der Waals surface area contributed by atoms with E-state index in [9.17, 15) is 9.18 Å². The zero-order chi connectivity index (χ0) is 22.4. The van der Waals surface area contributed by atoms with Gasteiger partial charge in [-0.1, -0.05) is 20.8 Å². The summed E-state index contributed by atoms with van der Waals surface area (Å²) in [6.45, 7) is 6.60. The standard InChI is InChI=1S/C22H23FN4O2.C2H6/c1-3-8-29-20-7-4-13(11-26-20)15-9-16-19(10-18(15)23)25-12-17(21(16)24-2)22(28)27-14-5-6-14;1-2/h4,7,9-12,14H,3,5-6,8H2,1-2H3,(H,24,25)(H,27,28);1-2H3. The van der Waals surface area contributed by atoms with Crippen LogP contribution in [0.5, 0.6) is 5.88 Å². The highest BCUT2D eigenvalue weighted by molar-refractivity contribution is 6.08. The second-order valence-corrected chi connectivity index (χ2v) is 7.13. The second kappa shape index (κ2) is 10.2. The molecular weight excluding hydrogens is 395 g/mol. The number of aromatic nitrogens is 2. The lowest BCUT2D eigenvalue weighted by atomic mass is 10.0. The maximum absolute atomic E-state index is 14.8. The van der Waals surface area contributed by atoms with Crippen LogP contribution in [0.15, 0.2) is 36.7 Å². The molecule has 2 N–H and O–H groups in total. The van der Waals surface area contributed by atoms with Gasteiger partial charge in [0, 0.05) is 54.1 Å². The molecule has 0 unspecified atom stereocenters. The molecule has 0 radical (unpaired) electrons. The van der Waals surface area contributed by atoms with Crippen LogP contribution in [0.1, 0.15) is 50.4 Å². The summed E-state index contributed by atoms with van der Waals surface area (Å²) in [5.74, 6) is -0.0594. The van der Waals surface area contributed by atoms with Gasteiger partial charge in [-0.2, -0.15) is 0 Å². The number of halogens is 1. The third kappa shape index (κ3) is 5.10. The fraction of sp³-hybridized carbons (Fsp3) is 0.375. The summed E-state index contributed by atoms with van der Waals surface area (Å²) in [7, 11) is 1.74. The molecule has 6 nitrogen and oxygen atoms in total. The normalized spacial score (nSPS) is 12.7. The van der Waals surface area contributed by atoms with Gasteiger partial charge < -0.3 is 15.4 Å². The number of nitrogens with one attached hydrogen (secondary N) is 2. The number of hydrogen-bond acceptors (Lipinski definition) is 5. The summed E-state index contributed by atoms with van der Waals surface area (Å²) in [5.41, 5.74) is 2.58. The SMILES string of the molecule is CC.CCCOc1ccc(-c2cc3c(NC)c(C(=O)NC4CC4)cnc3cc2F)cn1. The van der Waals surface area contributed by atoms with Crippen molar-refractivity contribution in [2.24, 2.45) is 0 Å². The summed E-state index contributed by atoms with van der Waals surface area (Å²) in [5, 5.41) is 6.74. The average Bonchev–Trinajstić information content (AvgIpc) is 3.62. The molecule has 1 amide bonds. The molecule has 2 heterocycles. The number of rotatable bonds is 7. The largest absolute Gasteiger partial charge is 0.478 e. The Labute approximate surface area is 182 Å². The zero-order valence-corrected chi connectivity index (χ0v) is 18.5. The van der Waals surface area contributed by atoms with Gasteiger partial charge in [0.1, 0.15) is 5.82 Å². The van der Waals surface area contributed by atoms with E-state index in [0.29, 0.717) is 45.8 Å². The minimum atomic E-state index is -0.397. The maximum atomic E-state index is 14.8. The Balaban J connectivity index is 0.00000132. The number of carbonyl (C=O) groups is 1. The maximum Gasteiger partial charge on any atom is 0.255 e. The van der Waals surface area contributed by atoms with Crippen LogP contribution in [0.3, 0.4) is 0 Å². The van der Waals surface area contributed by atoms with Gasteiger partial charge in [0.25, 0.3) is 5.91 Å². The predicted octanol–water partition coefficient (Wildman–Crippen LogP) is 5.18. The lowest BCUT2D eigenvalue weighted by Crippen LogP contribution is -2.26. The quantitative estimate of drug-likeness (QED) is 0.546. The Bertz CT molecular complexity index is 1050. The lowest BCUT2D eigenvalue weighted by molar-refractivity contribution is 0.0951. The molecule has 31 heavy (non-hydrogen) atoms. The van der Waals surface area contributed by atoms with E-state index in [-0.39, 0.29) is 11.9 Å². The Kier molecular flexibility index (Phi) is 7.39. The van der Waals surface area contributed by atoms with E-state index in [1.165, 1.54) is 12.3 Å². The van der Waals surface area contributed by atoms with Gasteiger partial charge in [-0.15, -0.1) is 0 Å². The third-order valence-corrected chi connectivity index (χ3v) is 4.87. The Morgan fingerprint density at radius 3 is 2.58 bits per heavy atom. The highest BCUT2D eigenvalue weighted by Crippen LogP contribution is 2.33. The molecular formula is C24H29FN4O2. The summed E-state index contributed by atoms with van der Waals surface area (Å²) in [6, 6.07) is 6.84. The average molecular weight is 425 g/mol. The van der Waals surface area contributed by atoms with Crippen molar-refractivity contribution in [3.05, 3.63) is 48.0 Å². The van der Waals surface area contributed by atoms with Crippen molar-refractivity contribution in [1.82, 2.24) is 15.3 Å². The summed E-state index contributed by atoms with van der Waals surface area (Å²) in [6.07, 6.45) is 5.97. The number of nitrogens with zero attached hydrogens (tertiary/aromatic N) is 2. The first-order valence-corrected chi connectivity index (χ1v) is 10.8. The van der Waals surface area contributed by atoms with E-state index >= 15 is 0 Å². The molecule has 164 valence electrons. The number of carbonyl (C=O) groups excluding carboxylic acids is 1. The number of benzene rings is 1. The number of ether oxygens (including phenoxy) is 1. The highest BCUT2D eigenvalue weighted by Gasteiger charge is 2.25. The Morgan fingerprint density at radius 1 is 1.19 bits per heavy atom. The smallest absolute Gasteiger partial charge is 0.255 e. The van der Waals surface area contributed by atoms with Crippen LogP contribution in [0.4, 0.5) is 10.1 Å². The van der Waals surface area contributed by atoms with Crippen LogP contribution in [0, 0.1) is 5.82 Å². The minimum absolute atomic E-state index is 0.170. The predicted molar refractivity (Wildman–Crippen MR) is 122 cm³/mol. The zero-order valence-electron chi connectivity index (χ0n) is 18.5. The van der Waals surface area contributed by atoms with Gasteiger partial charge >= 0.3 is 0 Å². The van der Waals surface area contributed by atoms with Crippen molar-refractivity contribution < 1.29 is 13.9 Å². The number of anilines is 1. The minimum Gasteiger partial charge on any atom is -0.478 e. The number of amides is 1. The molecule has 4 rings (SSSR count). The molecule has 3 aromatic rings. The molecule has 1 aliphatic carbocycles. The molecule has 1 aromatic carbocycles. The third-order valence-electron chi connectivity index (χ3n) is 4.87. The van der Waals surface area contributed by atoms with Gasteiger partial charge in [-0.25, -0.2) is 9.37 Å². The van der Waals surface area contributed by atoms with Crippen LogP contribution < -0.4 is 15.4 Å². The fourth-order valence-electron chi connectivity index (χ4n) is 3.20. The molecule has 1 aliphatic rings. The van der Waals surface area contributed by atoms with Gasteiger partial charge in [-0.3, -0.25) is 9.78 Å². The van der Waals surface area contributed by atoms with E-state index in [0.717, 1.165) is 19.3 Å². The van der Waals surface area contributed by atoms with Crippen LogP contribution in [-0.4, -0.2) is 35.6 Å². The molecule has 0 bridgehead atoms. The molecule has 0 saturated heterocycles. The van der Waals surface area contributed by atoms with Crippen LogP contribution in [0.2, 0.25) is 0 Å². The topological polar surface area (TPSA) is 76.1 Å². The molecule has 1 saturated carbocycles. The number of fused-ring (bicyclic) bond motifs is 1. The van der Waals surface area contributed by atoms with E-state index in [4.69, 9.17) is 4.74 Å². The Morgan fingerprint density at radius 2 is 1.97 bits per heavy atom. The molecule has 0 spiro atoms. The van der Waals surface area contributed by atoms with Crippen molar-refractivity contribution in [2.45, 2.75) is 46.1 Å². The van der Waals surface area contributed by atoms with Crippen LogP contribution >= 0.6 is 0 Å². The van der Waals surface area contributed by atoms with E-state index in [1.807, 2.05) is 20.8 Å². The first kappa shape index (κ1) is 22.5. The molecule has 0 atom stereocenters. The highest BCUT2D eigenvalue weighted by atomic mass is 19.1. The monoisotopic (exact) mass is 424 g/mol. The fourth-order valence-corrected chi connectivity index (χ4v) is 3.20. The molecule has 1 fully saturated rings.